The van der Waals surface area contributed by atoms with Crippen LogP contribution >= 0.6 is 0 Å². The van der Waals surface area contributed by atoms with Crippen LogP contribution in [0, 0.1) is 0 Å². The van der Waals surface area contributed by atoms with Crippen molar-refractivity contribution in [1.82, 2.24) is 14.9 Å². The van der Waals surface area contributed by atoms with Gasteiger partial charge in [0.15, 0.2) is 0 Å². The van der Waals surface area contributed by atoms with E-state index in [0.29, 0.717) is 6.54 Å². The number of pyridine rings is 1. The summed E-state index contributed by atoms with van der Waals surface area (Å²) in [6, 6.07) is 7.76. The summed E-state index contributed by atoms with van der Waals surface area (Å²) in [6.07, 6.45) is 1.87. The predicted molar refractivity (Wildman–Crippen MR) is 58.9 cm³/mol. The largest absolute Gasteiger partial charge is 0.375 e. The lowest BCUT2D eigenvalue weighted by Crippen LogP contribution is -2.26. The van der Waals surface area contributed by atoms with E-state index in [-0.39, 0.29) is 12.5 Å². The lowest BCUT2D eigenvalue weighted by molar-refractivity contribution is -0.124. The normalized spacial score (nSPS) is 10.6. The fourth-order valence-corrected chi connectivity index (χ4v) is 1.45. The number of ether oxygens (including phenoxy) is 1. The first-order chi connectivity index (χ1) is 7.79. The molecule has 0 unspecified atom stereocenters. The third-order valence-electron chi connectivity index (χ3n) is 2.16. The second-order valence-electron chi connectivity index (χ2n) is 3.42. The number of rotatable bonds is 4. The smallest absolute Gasteiger partial charge is 0.246 e. The number of aromatic nitrogens is 2. The Morgan fingerprint density at radius 2 is 2.44 bits per heavy atom. The van der Waals surface area contributed by atoms with Crippen LogP contribution in [0.5, 0.6) is 0 Å². The number of hydrogen-bond acceptors (Lipinski definition) is 3. The summed E-state index contributed by atoms with van der Waals surface area (Å²) in [6.45, 7) is 0.497. The minimum atomic E-state index is -0.139. The zero-order chi connectivity index (χ0) is 11.4. The molecule has 0 saturated carbocycles. The van der Waals surface area contributed by atoms with E-state index >= 15 is 0 Å². The minimum Gasteiger partial charge on any atom is -0.375 e. The molecule has 0 aromatic carbocycles. The molecular weight excluding hydrogens is 206 g/mol. The number of nitrogens with one attached hydrogen (secondary N) is 1. The van der Waals surface area contributed by atoms with Crippen LogP contribution in [0.2, 0.25) is 0 Å². The number of nitrogens with zero attached hydrogens (tertiary/aromatic N) is 2. The Bertz CT molecular complexity index is 460. The third-order valence-corrected chi connectivity index (χ3v) is 2.16. The number of carbonyl (C=O) groups is 1. The molecule has 0 saturated heterocycles. The summed E-state index contributed by atoms with van der Waals surface area (Å²) in [5.41, 5.74) is 1.84. The van der Waals surface area contributed by atoms with Gasteiger partial charge >= 0.3 is 0 Å². The molecule has 1 N–H and O–H groups in total. The molecule has 0 aliphatic heterocycles. The first-order valence-corrected chi connectivity index (χ1v) is 4.98. The van der Waals surface area contributed by atoms with Crippen molar-refractivity contribution in [2.45, 2.75) is 6.54 Å². The van der Waals surface area contributed by atoms with Crippen molar-refractivity contribution in [3.05, 3.63) is 36.2 Å². The fraction of sp³-hybridized carbons (Fsp3) is 0.273. The zero-order valence-electron chi connectivity index (χ0n) is 9.01. The summed E-state index contributed by atoms with van der Waals surface area (Å²) in [5.74, 6) is -0.139. The van der Waals surface area contributed by atoms with Crippen LogP contribution in [0.15, 0.2) is 30.5 Å². The molecule has 5 nitrogen and oxygen atoms in total. The highest BCUT2D eigenvalue weighted by atomic mass is 16.5. The van der Waals surface area contributed by atoms with Gasteiger partial charge in [0.25, 0.3) is 0 Å². The Labute approximate surface area is 93.0 Å². The summed E-state index contributed by atoms with van der Waals surface area (Å²) in [4.78, 5) is 11.2. The van der Waals surface area contributed by atoms with Crippen molar-refractivity contribution in [3.63, 3.8) is 0 Å². The van der Waals surface area contributed by atoms with E-state index in [1.54, 1.807) is 4.52 Å². The molecule has 1 amide bonds. The molecule has 2 heterocycles. The first kappa shape index (κ1) is 10.6. The predicted octanol–water partition coefficient (Wildman–Crippen LogP) is 0.597. The van der Waals surface area contributed by atoms with Gasteiger partial charge in [-0.25, -0.2) is 4.52 Å². The topological polar surface area (TPSA) is 55.6 Å². The van der Waals surface area contributed by atoms with Crippen LogP contribution in [0.25, 0.3) is 5.52 Å². The molecule has 0 atom stereocenters. The monoisotopic (exact) mass is 219 g/mol. The molecule has 0 aliphatic rings. The molecular formula is C11H13N3O2. The van der Waals surface area contributed by atoms with Crippen molar-refractivity contribution in [3.8, 4) is 0 Å². The molecule has 2 aromatic rings. The van der Waals surface area contributed by atoms with Gasteiger partial charge in [-0.05, 0) is 18.2 Å². The summed E-state index contributed by atoms with van der Waals surface area (Å²) in [7, 11) is 1.49. The van der Waals surface area contributed by atoms with Crippen molar-refractivity contribution >= 4 is 11.4 Å². The molecule has 16 heavy (non-hydrogen) atoms. The molecule has 0 bridgehead atoms. The Kier molecular flexibility index (Phi) is 3.16. The van der Waals surface area contributed by atoms with Crippen molar-refractivity contribution in [2.75, 3.05) is 13.7 Å². The van der Waals surface area contributed by atoms with Gasteiger partial charge in [-0.1, -0.05) is 6.07 Å². The summed E-state index contributed by atoms with van der Waals surface area (Å²) < 4.78 is 6.49. The summed E-state index contributed by atoms with van der Waals surface area (Å²) >= 11 is 0. The Morgan fingerprint density at radius 3 is 3.19 bits per heavy atom. The van der Waals surface area contributed by atoms with E-state index in [9.17, 15) is 4.79 Å². The molecule has 2 aromatic heterocycles. The van der Waals surface area contributed by atoms with Crippen LogP contribution in [0.4, 0.5) is 0 Å². The maximum absolute atomic E-state index is 11.2. The van der Waals surface area contributed by atoms with E-state index in [1.807, 2.05) is 30.5 Å². The average Bonchev–Trinajstić information content (AvgIpc) is 2.69. The average molecular weight is 219 g/mol. The van der Waals surface area contributed by atoms with E-state index in [0.717, 1.165) is 11.2 Å². The number of methoxy groups -OCH3 is 1. The second-order valence-corrected chi connectivity index (χ2v) is 3.42. The number of fused-ring (bicyclic) bond motifs is 1. The molecule has 84 valence electrons. The first-order valence-electron chi connectivity index (χ1n) is 4.98. The lowest BCUT2D eigenvalue weighted by atomic mass is 10.3. The van der Waals surface area contributed by atoms with Crippen molar-refractivity contribution in [1.29, 1.82) is 0 Å². The minimum absolute atomic E-state index is 0.0768. The third kappa shape index (κ3) is 2.38. The van der Waals surface area contributed by atoms with Crippen molar-refractivity contribution in [2.24, 2.45) is 0 Å². The molecule has 5 heteroatoms. The van der Waals surface area contributed by atoms with E-state index in [2.05, 4.69) is 10.4 Å². The highest BCUT2D eigenvalue weighted by Crippen LogP contribution is 2.05. The van der Waals surface area contributed by atoms with Crippen LogP contribution in [-0.4, -0.2) is 29.2 Å². The molecule has 0 radical (unpaired) electrons. The van der Waals surface area contributed by atoms with Gasteiger partial charge in [0.2, 0.25) is 5.91 Å². The maximum Gasteiger partial charge on any atom is 0.246 e. The van der Waals surface area contributed by atoms with Gasteiger partial charge in [0.05, 0.1) is 17.8 Å². The van der Waals surface area contributed by atoms with E-state index in [1.165, 1.54) is 7.11 Å². The molecule has 0 fully saturated rings. The zero-order valence-corrected chi connectivity index (χ0v) is 9.01. The Hall–Kier alpha value is -1.88. The van der Waals surface area contributed by atoms with Gasteiger partial charge in [0, 0.05) is 13.3 Å². The number of carbonyl (C=O) groups excluding carboxylic acids is 1. The molecule has 0 spiro atoms. The van der Waals surface area contributed by atoms with Gasteiger partial charge in [-0.15, -0.1) is 0 Å². The molecule has 2 rings (SSSR count). The van der Waals surface area contributed by atoms with Crippen molar-refractivity contribution < 1.29 is 9.53 Å². The van der Waals surface area contributed by atoms with Gasteiger partial charge in [-0.2, -0.15) is 5.10 Å². The highest BCUT2D eigenvalue weighted by Gasteiger charge is 2.03. The lowest BCUT2D eigenvalue weighted by Gasteiger charge is -2.00. The Morgan fingerprint density at radius 1 is 1.56 bits per heavy atom. The van der Waals surface area contributed by atoms with Gasteiger partial charge < -0.3 is 10.1 Å². The fourth-order valence-electron chi connectivity index (χ4n) is 1.45. The number of hydrogen-bond donors (Lipinski definition) is 1. The second kappa shape index (κ2) is 4.76. The summed E-state index contributed by atoms with van der Waals surface area (Å²) in [5, 5.41) is 7.03. The quantitative estimate of drug-likeness (QED) is 0.819. The van der Waals surface area contributed by atoms with Crippen LogP contribution in [-0.2, 0) is 16.1 Å². The number of amides is 1. The standard InChI is InChI=1S/C11H13N3O2/c1-16-8-11(15)12-7-9-6-10-4-2-3-5-14(10)13-9/h2-6H,7-8H2,1H3,(H,12,15). The highest BCUT2D eigenvalue weighted by molar-refractivity contribution is 5.77. The van der Waals surface area contributed by atoms with E-state index < -0.39 is 0 Å². The van der Waals surface area contributed by atoms with Crippen LogP contribution in [0.3, 0.4) is 0 Å². The SMILES string of the molecule is COCC(=O)NCc1cc2ccccn2n1. The maximum atomic E-state index is 11.2. The van der Waals surface area contributed by atoms with Gasteiger partial charge in [-0.3, -0.25) is 4.79 Å². The Balaban J connectivity index is 2.02. The van der Waals surface area contributed by atoms with Crippen LogP contribution in [0.1, 0.15) is 5.69 Å². The van der Waals surface area contributed by atoms with Crippen LogP contribution < -0.4 is 5.32 Å². The van der Waals surface area contributed by atoms with E-state index in [4.69, 9.17) is 4.74 Å². The van der Waals surface area contributed by atoms with Gasteiger partial charge in [0.1, 0.15) is 6.61 Å². The molecule has 0 aliphatic carbocycles.